The second-order valence-corrected chi connectivity index (χ2v) is 8.31. The second kappa shape index (κ2) is 12.8. The Morgan fingerprint density at radius 1 is 0.838 bits per heavy atom. The Labute approximate surface area is 221 Å². The van der Waals surface area contributed by atoms with E-state index in [2.05, 4.69) is 5.32 Å². The average Bonchev–Trinajstić information content (AvgIpc) is 2.91. The van der Waals surface area contributed by atoms with Crippen molar-refractivity contribution in [3.63, 3.8) is 0 Å². The number of carbonyl (C=O) groups excluding carboxylic acids is 1. The number of anilines is 1. The van der Waals surface area contributed by atoms with Gasteiger partial charge in [-0.2, -0.15) is 0 Å². The Bertz CT molecular complexity index is 1260. The van der Waals surface area contributed by atoms with Gasteiger partial charge in [0, 0.05) is 29.6 Å². The van der Waals surface area contributed by atoms with E-state index < -0.39 is 0 Å². The van der Waals surface area contributed by atoms with Crippen molar-refractivity contribution in [3.8, 4) is 34.5 Å². The van der Waals surface area contributed by atoms with Crippen LogP contribution in [0.2, 0.25) is 5.02 Å². The highest BCUT2D eigenvalue weighted by Gasteiger charge is 2.15. The summed E-state index contributed by atoms with van der Waals surface area (Å²) in [5, 5.41) is 13.9. The molecule has 0 saturated carbocycles. The van der Waals surface area contributed by atoms with Crippen LogP contribution in [0.25, 0.3) is 0 Å². The lowest BCUT2D eigenvalue weighted by Gasteiger charge is -2.16. The van der Waals surface area contributed by atoms with E-state index in [0.717, 1.165) is 11.1 Å². The largest absolute Gasteiger partial charge is 0.504 e. The molecule has 0 bridgehead atoms. The van der Waals surface area contributed by atoms with Gasteiger partial charge in [-0.1, -0.05) is 11.6 Å². The molecule has 3 aromatic rings. The van der Waals surface area contributed by atoms with Crippen LogP contribution in [0.5, 0.6) is 34.5 Å². The van der Waals surface area contributed by atoms with E-state index in [1.807, 2.05) is 12.1 Å². The summed E-state index contributed by atoms with van der Waals surface area (Å²) < 4.78 is 26.7. The first-order valence-corrected chi connectivity index (χ1v) is 11.7. The van der Waals surface area contributed by atoms with Gasteiger partial charge in [0.2, 0.25) is 5.75 Å². The van der Waals surface area contributed by atoms with Crippen LogP contribution >= 0.6 is 11.6 Å². The van der Waals surface area contributed by atoms with Gasteiger partial charge in [0.1, 0.15) is 5.75 Å². The molecule has 0 spiro atoms. The van der Waals surface area contributed by atoms with Gasteiger partial charge in [-0.15, -0.1) is 0 Å². The van der Waals surface area contributed by atoms with E-state index in [1.165, 1.54) is 26.5 Å². The number of rotatable bonds is 12. The molecular weight excluding hydrogens is 498 g/mol. The zero-order valence-corrected chi connectivity index (χ0v) is 22.1. The molecule has 0 aliphatic heterocycles. The first kappa shape index (κ1) is 27.5. The van der Waals surface area contributed by atoms with Crippen LogP contribution < -0.4 is 29.0 Å². The van der Waals surface area contributed by atoms with Crippen LogP contribution in [0.3, 0.4) is 0 Å². The van der Waals surface area contributed by atoms with Gasteiger partial charge in [-0.05, 0) is 60.4 Å². The van der Waals surface area contributed by atoms with Crippen LogP contribution in [0.1, 0.15) is 21.5 Å². The zero-order valence-electron chi connectivity index (χ0n) is 21.4. The fourth-order valence-corrected chi connectivity index (χ4v) is 4.06. The smallest absolute Gasteiger partial charge is 0.203 e. The summed E-state index contributed by atoms with van der Waals surface area (Å²) in [5.41, 5.74) is 2.88. The molecule has 0 saturated heterocycles. The highest BCUT2D eigenvalue weighted by molar-refractivity contribution is 6.32. The van der Waals surface area contributed by atoms with Crippen LogP contribution in [0.4, 0.5) is 5.69 Å². The van der Waals surface area contributed by atoms with Crippen molar-refractivity contribution in [2.75, 3.05) is 40.9 Å². The highest BCUT2D eigenvalue weighted by atomic mass is 35.5. The van der Waals surface area contributed by atoms with E-state index in [0.29, 0.717) is 57.9 Å². The van der Waals surface area contributed by atoms with Crippen molar-refractivity contribution in [1.29, 1.82) is 0 Å². The maximum Gasteiger partial charge on any atom is 0.203 e. The lowest BCUT2D eigenvalue weighted by Crippen LogP contribution is -2.02. The van der Waals surface area contributed by atoms with Gasteiger partial charge in [-0.3, -0.25) is 4.79 Å². The molecule has 196 valence electrons. The average molecular weight is 528 g/mol. The number of halogens is 1. The van der Waals surface area contributed by atoms with Gasteiger partial charge in [-0.25, -0.2) is 0 Å². The van der Waals surface area contributed by atoms with Crippen molar-refractivity contribution in [2.24, 2.45) is 0 Å². The first-order chi connectivity index (χ1) is 17.8. The van der Waals surface area contributed by atoms with Crippen LogP contribution in [0.15, 0.2) is 54.7 Å². The number of ketones is 1. The number of methoxy groups -OCH3 is 5. The minimum Gasteiger partial charge on any atom is -0.504 e. The number of nitrogens with one attached hydrogen (secondary N) is 1. The molecule has 9 heteroatoms. The maximum atomic E-state index is 12.6. The number of ether oxygens (including phenoxy) is 5. The number of phenolic OH excluding ortho intramolecular Hbond substituents is 1. The third-order valence-corrected chi connectivity index (χ3v) is 6.02. The lowest BCUT2D eigenvalue weighted by atomic mass is 10.0. The Morgan fingerprint density at radius 2 is 1.49 bits per heavy atom. The summed E-state index contributed by atoms with van der Waals surface area (Å²) in [5.74, 6) is 2.23. The second-order valence-electron chi connectivity index (χ2n) is 7.91. The number of hydrogen-bond donors (Lipinski definition) is 2. The van der Waals surface area contributed by atoms with Crippen molar-refractivity contribution < 1.29 is 33.6 Å². The van der Waals surface area contributed by atoms with Gasteiger partial charge in [0.25, 0.3) is 0 Å². The third-order valence-electron chi connectivity index (χ3n) is 5.72. The fraction of sp³-hybridized carbons (Fsp3) is 0.250. The van der Waals surface area contributed by atoms with E-state index in [1.54, 1.807) is 51.7 Å². The SMILES string of the molecule is COc1cc(N/C=C\C(=O)c2ccc(OC)c(Cl)c2)c(CCc2cc(OC)c(OC)c(OC)c2)cc1O. The van der Waals surface area contributed by atoms with Crippen LogP contribution in [-0.4, -0.2) is 46.4 Å². The summed E-state index contributed by atoms with van der Waals surface area (Å²) in [4.78, 5) is 12.6. The molecule has 8 nitrogen and oxygen atoms in total. The number of benzene rings is 3. The summed E-state index contributed by atoms with van der Waals surface area (Å²) in [6.07, 6.45) is 4.12. The number of aromatic hydroxyl groups is 1. The normalized spacial score (nSPS) is 10.8. The Hall–Kier alpha value is -4.04. The molecule has 2 N–H and O–H groups in total. The number of phenols is 1. The van der Waals surface area contributed by atoms with Gasteiger partial charge in [0.05, 0.1) is 40.6 Å². The van der Waals surface area contributed by atoms with Gasteiger partial charge >= 0.3 is 0 Å². The molecule has 37 heavy (non-hydrogen) atoms. The maximum absolute atomic E-state index is 12.6. The van der Waals surface area contributed by atoms with E-state index >= 15 is 0 Å². The molecule has 0 amide bonds. The minimum atomic E-state index is -0.234. The molecule has 0 unspecified atom stereocenters. The Kier molecular flexibility index (Phi) is 9.51. The summed E-state index contributed by atoms with van der Waals surface area (Å²) in [7, 11) is 7.68. The van der Waals surface area contributed by atoms with Crippen molar-refractivity contribution in [1.82, 2.24) is 0 Å². The summed E-state index contributed by atoms with van der Waals surface area (Å²) in [6.45, 7) is 0. The number of carbonyl (C=O) groups is 1. The Balaban J connectivity index is 1.81. The van der Waals surface area contributed by atoms with Crippen LogP contribution in [-0.2, 0) is 12.8 Å². The van der Waals surface area contributed by atoms with Crippen molar-refractivity contribution in [3.05, 3.63) is 76.5 Å². The molecule has 0 heterocycles. The quantitative estimate of drug-likeness (QED) is 0.176. The van der Waals surface area contributed by atoms with E-state index in [4.69, 9.17) is 35.3 Å². The molecule has 0 aliphatic carbocycles. The number of allylic oxidation sites excluding steroid dienone is 1. The number of aryl methyl sites for hydroxylation is 2. The minimum absolute atomic E-state index is 0.0147. The summed E-state index contributed by atoms with van der Waals surface area (Å²) >= 11 is 6.14. The molecule has 3 aromatic carbocycles. The monoisotopic (exact) mass is 527 g/mol. The Morgan fingerprint density at radius 3 is 2.05 bits per heavy atom. The van der Waals surface area contributed by atoms with E-state index in [9.17, 15) is 9.90 Å². The molecule has 0 atom stereocenters. The zero-order chi connectivity index (χ0) is 26.9. The van der Waals surface area contributed by atoms with Crippen molar-refractivity contribution in [2.45, 2.75) is 12.8 Å². The topological polar surface area (TPSA) is 95.5 Å². The molecule has 0 aromatic heterocycles. The standard InChI is InChI=1S/C28H30ClNO7/c1-33-24-9-8-19(14-20(24)29)22(31)10-11-30-21-16-25(34-2)23(32)15-18(21)7-6-17-12-26(35-3)28(37-5)27(13-17)36-4/h8-16,30,32H,6-7H2,1-5H3/b11-10-. The van der Waals surface area contributed by atoms with Gasteiger partial charge in [0.15, 0.2) is 28.8 Å². The van der Waals surface area contributed by atoms with Crippen LogP contribution in [0, 0.1) is 0 Å². The summed E-state index contributed by atoms with van der Waals surface area (Å²) in [6, 6.07) is 11.9. The lowest BCUT2D eigenvalue weighted by molar-refractivity contribution is 0.104. The molecule has 0 aliphatic rings. The molecule has 0 fully saturated rings. The first-order valence-electron chi connectivity index (χ1n) is 11.3. The van der Waals surface area contributed by atoms with Crippen molar-refractivity contribution >= 4 is 23.1 Å². The predicted molar refractivity (Wildman–Crippen MR) is 143 cm³/mol. The van der Waals surface area contributed by atoms with E-state index in [-0.39, 0.29) is 11.5 Å². The molecular formula is C28H30ClNO7. The third kappa shape index (κ3) is 6.59. The van der Waals surface area contributed by atoms with Gasteiger partial charge < -0.3 is 34.1 Å². The molecule has 3 rings (SSSR count). The number of hydrogen-bond acceptors (Lipinski definition) is 8. The highest BCUT2D eigenvalue weighted by Crippen LogP contribution is 2.39. The molecule has 0 radical (unpaired) electrons. The fourth-order valence-electron chi connectivity index (χ4n) is 3.80. The predicted octanol–water partition coefficient (Wildman–Crippen LogP) is 5.68.